The predicted molar refractivity (Wildman–Crippen MR) is 93.4 cm³/mol. The molecule has 0 saturated heterocycles. The minimum absolute atomic E-state index is 0.00772. The van der Waals surface area contributed by atoms with Crippen molar-refractivity contribution in [2.24, 2.45) is 0 Å². The summed E-state index contributed by atoms with van der Waals surface area (Å²) < 4.78 is 1.35. The third-order valence-corrected chi connectivity index (χ3v) is 4.02. The van der Waals surface area contributed by atoms with Gasteiger partial charge in [0.15, 0.2) is 0 Å². The number of rotatable bonds is 3. The van der Waals surface area contributed by atoms with Gasteiger partial charge in [-0.3, -0.25) is 14.0 Å². The topological polar surface area (TPSA) is 92.2 Å². The second-order valence-corrected chi connectivity index (χ2v) is 5.74. The number of hydrogen-bond donors (Lipinski definition) is 2. The molecule has 0 aliphatic carbocycles. The van der Waals surface area contributed by atoms with Gasteiger partial charge >= 0.3 is 0 Å². The van der Waals surface area contributed by atoms with E-state index in [-0.39, 0.29) is 11.6 Å². The zero-order valence-electron chi connectivity index (χ0n) is 13.4. The lowest BCUT2D eigenvalue weighted by Gasteiger charge is -2.11. The summed E-state index contributed by atoms with van der Waals surface area (Å²) in [7, 11) is 0. The third kappa shape index (κ3) is 2.65. The highest BCUT2D eigenvalue weighted by molar-refractivity contribution is 5.94. The van der Waals surface area contributed by atoms with E-state index in [0.29, 0.717) is 11.5 Å². The van der Waals surface area contributed by atoms with Crippen molar-refractivity contribution in [1.82, 2.24) is 24.7 Å². The molecule has 4 aromatic rings. The normalized spacial score (nSPS) is 12.4. The van der Waals surface area contributed by atoms with Crippen molar-refractivity contribution in [2.75, 3.05) is 0 Å². The molecule has 3 heterocycles. The maximum Gasteiger partial charge on any atom is 0.270 e. The van der Waals surface area contributed by atoms with E-state index >= 15 is 0 Å². The van der Waals surface area contributed by atoms with Gasteiger partial charge in [-0.2, -0.15) is 0 Å². The lowest BCUT2D eigenvalue weighted by Crippen LogP contribution is -2.33. The summed E-state index contributed by atoms with van der Waals surface area (Å²) in [5.74, 6) is 0.145. The number of nitrogens with one attached hydrogen (secondary N) is 2. The molecule has 1 amide bonds. The van der Waals surface area contributed by atoms with Crippen LogP contribution in [0.3, 0.4) is 0 Å². The SMILES string of the molecule is C[C@@H](NC(=O)c1cnc2ccccn2c1=O)c1nc2ccccc2[nH]1. The Morgan fingerprint density at radius 1 is 1.20 bits per heavy atom. The molecule has 4 rings (SSSR count). The number of carbonyl (C=O) groups is 1. The third-order valence-electron chi connectivity index (χ3n) is 4.02. The quantitative estimate of drug-likeness (QED) is 0.600. The van der Waals surface area contributed by atoms with Crippen LogP contribution in [0.5, 0.6) is 0 Å². The molecular weight excluding hydrogens is 318 g/mol. The van der Waals surface area contributed by atoms with Gasteiger partial charge in [0.2, 0.25) is 0 Å². The summed E-state index contributed by atoms with van der Waals surface area (Å²) in [6, 6.07) is 12.5. The van der Waals surface area contributed by atoms with Crippen LogP contribution in [0.25, 0.3) is 16.7 Å². The Labute approximate surface area is 142 Å². The molecule has 0 fully saturated rings. The van der Waals surface area contributed by atoms with Gasteiger partial charge in [-0.1, -0.05) is 18.2 Å². The van der Waals surface area contributed by atoms with E-state index in [1.54, 1.807) is 24.4 Å². The largest absolute Gasteiger partial charge is 0.342 e. The highest BCUT2D eigenvalue weighted by atomic mass is 16.2. The Morgan fingerprint density at radius 3 is 2.84 bits per heavy atom. The van der Waals surface area contributed by atoms with Crippen LogP contribution in [0, 0.1) is 0 Å². The smallest absolute Gasteiger partial charge is 0.270 e. The Balaban J connectivity index is 1.63. The van der Waals surface area contributed by atoms with Crippen molar-refractivity contribution in [2.45, 2.75) is 13.0 Å². The van der Waals surface area contributed by atoms with E-state index in [0.717, 1.165) is 11.0 Å². The highest BCUT2D eigenvalue weighted by Gasteiger charge is 2.18. The van der Waals surface area contributed by atoms with Crippen LogP contribution in [0.15, 0.2) is 59.7 Å². The second kappa shape index (κ2) is 5.86. The fourth-order valence-corrected chi connectivity index (χ4v) is 2.70. The molecule has 7 nitrogen and oxygen atoms in total. The minimum Gasteiger partial charge on any atom is -0.342 e. The molecule has 7 heteroatoms. The molecule has 1 aromatic carbocycles. The molecule has 0 bridgehead atoms. The van der Waals surface area contributed by atoms with Crippen LogP contribution in [0.1, 0.15) is 29.1 Å². The summed E-state index contributed by atoms with van der Waals surface area (Å²) in [6.07, 6.45) is 2.89. The molecule has 0 spiro atoms. The fraction of sp³-hybridized carbons (Fsp3) is 0.111. The number of para-hydroxylation sites is 2. The van der Waals surface area contributed by atoms with Gasteiger partial charge in [0.1, 0.15) is 17.0 Å². The molecule has 0 aliphatic heterocycles. The van der Waals surface area contributed by atoms with Gasteiger partial charge < -0.3 is 10.3 Å². The lowest BCUT2D eigenvalue weighted by atomic mass is 10.2. The fourth-order valence-electron chi connectivity index (χ4n) is 2.70. The number of benzene rings is 1. The lowest BCUT2D eigenvalue weighted by molar-refractivity contribution is 0.0936. The van der Waals surface area contributed by atoms with E-state index in [1.807, 2.05) is 31.2 Å². The Kier molecular flexibility index (Phi) is 3.53. The number of fused-ring (bicyclic) bond motifs is 2. The molecule has 0 aliphatic rings. The molecule has 25 heavy (non-hydrogen) atoms. The minimum atomic E-state index is -0.483. The van der Waals surface area contributed by atoms with E-state index < -0.39 is 11.5 Å². The first-order valence-electron chi connectivity index (χ1n) is 7.85. The second-order valence-electron chi connectivity index (χ2n) is 5.74. The number of amides is 1. The number of nitrogens with zero attached hydrogens (tertiary/aromatic N) is 3. The average Bonchev–Trinajstić information content (AvgIpc) is 3.06. The molecule has 3 aromatic heterocycles. The van der Waals surface area contributed by atoms with E-state index in [4.69, 9.17) is 0 Å². The standard InChI is InChI=1S/C18H15N5O2/c1-11(16-21-13-6-2-3-7-14(13)22-16)20-17(24)12-10-19-15-8-4-5-9-23(15)18(12)25/h2-11H,1H3,(H,20,24)(H,21,22)/t11-/m1/s1. The van der Waals surface area contributed by atoms with Crippen molar-refractivity contribution in [1.29, 1.82) is 0 Å². The van der Waals surface area contributed by atoms with Crippen LogP contribution in [0.2, 0.25) is 0 Å². The number of aromatic nitrogens is 4. The van der Waals surface area contributed by atoms with Gasteiger partial charge in [-0.25, -0.2) is 9.97 Å². The van der Waals surface area contributed by atoms with Gasteiger partial charge in [-0.05, 0) is 31.2 Å². The zero-order chi connectivity index (χ0) is 17.4. The Hall–Kier alpha value is -3.48. The molecule has 1 atom stereocenters. The van der Waals surface area contributed by atoms with Gasteiger partial charge in [0.25, 0.3) is 11.5 Å². The average molecular weight is 333 g/mol. The van der Waals surface area contributed by atoms with E-state index in [1.165, 1.54) is 10.6 Å². The van der Waals surface area contributed by atoms with E-state index in [9.17, 15) is 9.59 Å². The number of carbonyl (C=O) groups excluding carboxylic acids is 1. The summed E-state index contributed by atoms with van der Waals surface area (Å²) >= 11 is 0. The number of aromatic amines is 1. The number of H-pyrrole nitrogens is 1. The van der Waals surface area contributed by atoms with E-state index in [2.05, 4.69) is 20.3 Å². The number of pyridine rings is 1. The maximum absolute atomic E-state index is 12.5. The molecule has 0 radical (unpaired) electrons. The number of hydrogen-bond acceptors (Lipinski definition) is 4. The molecule has 124 valence electrons. The van der Waals surface area contributed by atoms with Gasteiger partial charge in [0, 0.05) is 12.4 Å². The van der Waals surface area contributed by atoms with Crippen LogP contribution < -0.4 is 10.9 Å². The summed E-state index contributed by atoms with van der Waals surface area (Å²) in [6.45, 7) is 1.81. The van der Waals surface area contributed by atoms with Crippen molar-refractivity contribution in [3.05, 3.63) is 76.6 Å². The van der Waals surface area contributed by atoms with Crippen LogP contribution in [-0.4, -0.2) is 25.3 Å². The van der Waals surface area contributed by atoms with Crippen LogP contribution >= 0.6 is 0 Å². The predicted octanol–water partition coefficient (Wildman–Crippen LogP) is 2.06. The zero-order valence-corrected chi connectivity index (χ0v) is 13.4. The Morgan fingerprint density at radius 2 is 2.00 bits per heavy atom. The molecule has 0 unspecified atom stereocenters. The molecule has 0 saturated carbocycles. The monoisotopic (exact) mass is 333 g/mol. The van der Waals surface area contributed by atoms with Gasteiger partial charge in [-0.15, -0.1) is 0 Å². The first kappa shape index (κ1) is 15.1. The van der Waals surface area contributed by atoms with Crippen LogP contribution in [-0.2, 0) is 0 Å². The molecule has 2 N–H and O–H groups in total. The first-order valence-corrected chi connectivity index (χ1v) is 7.85. The summed E-state index contributed by atoms with van der Waals surface area (Å²) in [5, 5.41) is 2.79. The molecular formula is C18H15N5O2. The first-order chi connectivity index (χ1) is 12.1. The maximum atomic E-state index is 12.5. The Bertz CT molecular complexity index is 1110. The van der Waals surface area contributed by atoms with Crippen molar-refractivity contribution < 1.29 is 4.79 Å². The van der Waals surface area contributed by atoms with Crippen molar-refractivity contribution >= 4 is 22.6 Å². The van der Waals surface area contributed by atoms with Crippen molar-refractivity contribution in [3.63, 3.8) is 0 Å². The number of imidazole rings is 1. The van der Waals surface area contributed by atoms with Crippen molar-refractivity contribution in [3.8, 4) is 0 Å². The summed E-state index contributed by atoms with van der Waals surface area (Å²) in [4.78, 5) is 36.8. The van der Waals surface area contributed by atoms with Crippen LogP contribution in [0.4, 0.5) is 0 Å². The van der Waals surface area contributed by atoms with Gasteiger partial charge in [0.05, 0.1) is 17.1 Å². The highest BCUT2D eigenvalue weighted by Crippen LogP contribution is 2.15. The summed E-state index contributed by atoms with van der Waals surface area (Å²) in [5.41, 5.74) is 1.80.